The first kappa shape index (κ1) is 29.4. The van der Waals surface area contributed by atoms with Crippen molar-refractivity contribution in [2.24, 2.45) is 46.3 Å². The van der Waals surface area contributed by atoms with Gasteiger partial charge < -0.3 is 24.8 Å². The molecule has 0 saturated heterocycles. The first-order valence-corrected chi connectivity index (χ1v) is 15.3. The van der Waals surface area contributed by atoms with Crippen LogP contribution in [0.3, 0.4) is 0 Å². The summed E-state index contributed by atoms with van der Waals surface area (Å²) >= 11 is 0. The molecule has 0 aromatic heterocycles. The van der Waals surface area contributed by atoms with Crippen LogP contribution in [0.2, 0.25) is 0 Å². The van der Waals surface area contributed by atoms with Gasteiger partial charge in [0.05, 0.1) is 24.6 Å². The van der Waals surface area contributed by atoms with E-state index >= 15 is 0 Å². The van der Waals surface area contributed by atoms with Crippen LogP contribution in [0, 0.1) is 46.3 Å². The van der Waals surface area contributed by atoms with Gasteiger partial charge in [0, 0.05) is 12.8 Å². The number of hydrogen-bond donors (Lipinski definition) is 3. The maximum Gasteiger partial charge on any atom is 0.151 e. The molecule has 4 saturated carbocycles. The molecule has 0 heterocycles. The third-order valence-corrected chi connectivity index (χ3v) is 11.8. The molecule has 4 rings (SSSR count). The molecule has 11 unspecified atom stereocenters. The van der Waals surface area contributed by atoms with Crippen LogP contribution in [0.15, 0.2) is 12.3 Å². The molecule has 0 amide bonds. The van der Waals surface area contributed by atoms with E-state index in [-0.39, 0.29) is 23.2 Å². The maximum atomic E-state index is 11.5. The van der Waals surface area contributed by atoms with E-state index in [1.807, 2.05) is 0 Å². The Balaban J connectivity index is 1.35. The molecule has 5 nitrogen and oxygen atoms in total. The molecule has 0 bridgehead atoms. The third-order valence-electron chi connectivity index (χ3n) is 11.8. The molecule has 0 aromatic rings. The Bertz CT molecular complexity index is 794. The highest BCUT2D eigenvalue weighted by atomic mass is 16.6. The summed E-state index contributed by atoms with van der Waals surface area (Å²) in [7, 11) is 0. The first-order valence-electron chi connectivity index (χ1n) is 15.3. The minimum Gasteiger partial charge on any atom is -0.493 e. The lowest BCUT2D eigenvalue weighted by Crippen LogP contribution is -2.58. The van der Waals surface area contributed by atoms with Gasteiger partial charge in [-0.25, -0.2) is 0 Å². The van der Waals surface area contributed by atoms with Gasteiger partial charge in [0.15, 0.2) is 6.29 Å². The quantitative estimate of drug-likeness (QED) is 0.228. The molecule has 0 aromatic carbocycles. The average Bonchev–Trinajstić information content (AvgIpc) is 3.15. The Hall–Kier alpha value is -0.620. The predicted octanol–water partition coefficient (Wildman–Crippen LogP) is 6.45. The Morgan fingerprint density at radius 2 is 1.68 bits per heavy atom. The Morgan fingerprint density at radius 1 is 1.00 bits per heavy atom. The van der Waals surface area contributed by atoms with E-state index in [0.29, 0.717) is 54.0 Å². The lowest BCUT2D eigenvalue weighted by molar-refractivity contribution is -0.174. The van der Waals surface area contributed by atoms with Gasteiger partial charge in [0.25, 0.3) is 0 Å². The topological polar surface area (TPSA) is 79.2 Å². The highest BCUT2D eigenvalue weighted by molar-refractivity contribution is 5.12. The van der Waals surface area contributed by atoms with Crippen molar-refractivity contribution in [2.75, 3.05) is 6.61 Å². The zero-order valence-corrected chi connectivity index (χ0v) is 24.5. The third kappa shape index (κ3) is 5.95. The number of hydrogen-bond acceptors (Lipinski definition) is 5. The second kappa shape index (κ2) is 11.1. The number of aliphatic hydroxyl groups is 3. The van der Waals surface area contributed by atoms with Crippen LogP contribution in [0.5, 0.6) is 0 Å². The van der Waals surface area contributed by atoms with Crippen molar-refractivity contribution in [1.29, 1.82) is 0 Å². The van der Waals surface area contributed by atoms with Crippen molar-refractivity contribution in [1.82, 2.24) is 0 Å². The van der Waals surface area contributed by atoms with E-state index in [4.69, 9.17) is 9.47 Å². The highest BCUT2D eigenvalue weighted by Crippen LogP contribution is 2.68. The van der Waals surface area contributed by atoms with Crippen LogP contribution in [0.4, 0.5) is 0 Å². The molecular formula is C32H56O5. The van der Waals surface area contributed by atoms with E-state index in [9.17, 15) is 15.3 Å². The predicted molar refractivity (Wildman–Crippen MR) is 148 cm³/mol. The minimum atomic E-state index is -0.749. The van der Waals surface area contributed by atoms with Gasteiger partial charge in [-0.2, -0.15) is 0 Å². The van der Waals surface area contributed by atoms with E-state index < -0.39 is 6.29 Å². The van der Waals surface area contributed by atoms with Crippen molar-refractivity contribution in [3.05, 3.63) is 12.3 Å². The standard InChI is InChI=1S/C32H56O5/c1-20(8-9-21(2)37-30(4,5)16-17-36-22(3)33)25-10-11-26-29-27(13-15-32(25,26)7)31(6)14-12-24(34)18-23(31)19-28(29)35/h20,22-29,33-35H,2,8-19H2,1,3-7H3. The van der Waals surface area contributed by atoms with Crippen LogP contribution < -0.4 is 0 Å². The van der Waals surface area contributed by atoms with Crippen molar-refractivity contribution in [3.8, 4) is 0 Å². The van der Waals surface area contributed by atoms with Gasteiger partial charge in [-0.05, 0) is 125 Å². The Labute approximate surface area is 226 Å². The summed E-state index contributed by atoms with van der Waals surface area (Å²) in [6.07, 6.45) is 10.4. The summed E-state index contributed by atoms with van der Waals surface area (Å²) < 4.78 is 11.5. The molecule has 4 fully saturated rings. The summed E-state index contributed by atoms with van der Waals surface area (Å²) in [6.45, 7) is 17.9. The number of aliphatic hydroxyl groups excluding tert-OH is 3. The van der Waals surface area contributed by atoms with Crippen LogP contribution in [0.1, 0.15) is 112 Å². The molecule has 37 heavy (non-hydrogen) atoms. The average molecular weight is 521 g/mol. The molecule has 5 heteroatoms. The van der Waals surface area contributed by atoms with E-state index in [1.165, 1.54) is 25.7 Å². The summed E-state index contributed by atoms with van der Waals surface area (Å²) in [5, 5.41) is 31.1. The van der Waals surface area contributed by atoms with E-state index in [1.54, 1.807) is 6.92 Å². The Kier molecular flexibility index (Phi) is 8.81. The molecule has 4 aliphatic rings. The first-order chi connectivity index (χ1) is 17.3. The fourth-order valence-electron chi connectivity index (χ4n) is 9.73. The molecule has 214 valence electrons. The summed E-state index contributed by atoms with van der Waals surface area (Å²) in [5.74, 6) is 4.25. The van der Waals surface area contributed by atoms with Crippen molar-refractivity contribution in [3.63, 3.8) is 0 Å². The maximum absolute atomic E-state index is 11.5. The van der Waals surface area contributed by atoms with Gasteiger partial charge in [0.1, 0.15) is 5.60 Å². The number of allylic oxidation sites excluding steroid dienone is 1. The molecular weight excluding hydrogens is 464 g/mol. The van der Waals surface area contributed by atoms with E-state index in [0.717, 1.165) is 44.3 Å². The van der Waals surface area contributed by atoms with Crippen LogP contribution in [-0.2, 0) is 9.47 Å². The van der Waals surface area contributed by atoms with Crippen LogP contribution in [0.25, 0.3) is 0 Å². The number of rotatable bonds is 10. The largest absolute Gasteiger partial charge is 0.493 e. The van der Waals surface area contributed by atoms with Gasteiger partial charge in [0.2, 0.25) is 0 Å². The number of fused-ring (bicyclic) bond motifs is 5. The summed E-state index contributed by atoms with van der Waals surface area (Å²) in [5.41, 5.74) is 0.229. The zero-order valence-electron chi connectivity index (χ0n) is 24.5. The normalized spacial score (nSPS) is 43.3. The molecule has 0 spiro atoms. The molecule has 3 N–H and O–H groups in total. The fraction of sp³-hybridized carbons (Fsp3) is 0.938. The van der Waals surface area contributed by atoms with E-state index in [2.05, 4.69) is 41.2 Å². The second-order valence-corrected chi connectivity index (χ2v) is 14.6. The molecule has 0 aliphatic heterocycles. The van der Waals surface area contributed by atoms with Crippen LogP contribution in [-0.4, -0.2) is 46.0 Å². The lowest BCUT2D eigenvalue weighted by atomic mass is 9.43. The highest BCUT2D eigenvalue weighted by Gasteiger charge is 2.62. The van der Waals surface area contributed by atoms with Gasteiger partial charge in [-0.15, -0.1) is 0 Å². The zero-order chi connectivity index (χ0) is 27.2. The summed E-state index contributed by atoms with van der Waals surface area (Å²) in [4.78, 5) is 0. The Morgan fingerprint density at radius 3 is 2.38 bits per heavy atom. The molecule has 4 aliphatic carbocycles. The smallest absolute Gasteiger partial charge is 0.151 e. The number of ether oxygens (including phenoxy) is 2. The molecule has 11 atom stereocenters. The van der Waals surface area contributed by atoms with Crippen LogP contribution >= 0.6 is 0 Å². The SMILES string of the molecule is C=C(CCC(C)C1CCC2C3C(O)CC4CC(O)CCC4(C)C3CCC12C)OC(C)(C)CCOC(C)O. The van der Waals surface area contributed by atoms with Crippen molar-refractivity contribution in [2.45, 2.75) is 136 Å². The summed E-state index contributed by atoms with van der Waals surface area (Å²) in [6, 6.07) is 0. The minimum absolute atomic E-state index is 0.172. The van der Waals surface area contributed by atoms with Crippen molar-refractivity contribution < 1.29 is 24.8 Å². The molecule has 0 radical (unpaired) electrons. The monoisotopic (exact) mass is 520 g/mol. The van der Waals surface area contributed by atoms with Gasteiger partial charge in [-0.1, -0.05) is 27.4 Å². The van der Waals surface area contributed by atoms with Gasteiger partial charge in [-0.3, -0.25) is 0 Å². The fourth-order valence-corrected chi connectivity index (χ4v) is 9.73. The second-order valence-electron chi connectivity index (χ2n) is 14.6. The van der Waals surface area contributed by atoms with Crippen molar-refractivity contribution >= 4 is 0 Å². The lowest BCUT2D eigenvalue weighted by Gasteiger charge is -2.62. The van der Waals surface area contributed by atoms with Gasteiger partial charge >= 0.3 is 0 Å².